The minimum Gasteiger partial charge on any atom is -0.454 e. The van der Waals surface area contributed by atoms with Crippen LogP contribution in [0, 0.1) is 27.7 Å². The molecule has 5 nitrogen and oxygen atoms in total. The summed E-state index contributed by atoms with van der Waals surface area (Å²) < 4.78 is 36.1. The van der Waals surface area contributed by atoms with Gasteiger partial charge < -0.3 is 14.0 Å². The number of halogens is 2. The number of hydrogen-bond donors (Lipinski definition) is 0. The standard InChI is InChI=1S/C24H23F2NO4/c1-14-5-6-18(11-15(14)2)23(29)30-13-22(28)21-12-16(3)27(17(21)4)19-7-9-20(10-8-19)31-24(25)26/h5-12,24H,13H2,1-4H3. The maximum absolute atomic E-state index is 12.7. The number of Topliss-reactive ketones (excluding diaryl/α,β-unsaturated/α-hetero) is 1. The molecule has 7 heteroatoms. The zero-order valence-electron chi connectivity index (χ0n) is 17.7. The van der Waals surface area contributed by atoms with Crippen molar-refractivity contribution in [2.75, 3.05) is 6.61 Å². The molecule has 0 bridgehead atoms. The summed E-state index contributed by atoms with van der Waals surface area (Å²) in [5.74, 6) is -0.829. The molecule has 0 aliphatic rings. The van der Waals surface area contributed by atoms with Gasteiger partial charge in [-0.3, -0.25) is 4.79 Å². The van der Waals surface area contributed by atoms with E-state index in [1.165, 1.54) is 12.1 Å². The number of carbonyl (C=O) groups excluding carboxylic acids is 2. The molecule has 0 spiro atoms. The van der Waals surface area contributed by atoms with Crippen LogP contribution in [-0.2, 0) is 4.74 Å². The van der Waals surface area contributed by atoms with Crippen LogP contribution in [0.1, 0.15) is 43.2 Å². The predicted octanol–water partition coefficient (Wildman–Crippen LogP) is 5.35. The van der Waals surface area contributed by atoms with Gasteiger partial charge in [-0.2, -0.15) is 8.78 Å². The molecular weight excluding hydrogens is 404 g/mol. The molecule has 0 aliphatic heterocycles. The van der Waals surface area contributed by atoms with Crippen LogP contribution in [0.25, 0.3) is 5.69 Å². The van der Waals surface area contributed by atoms with Crippen LogP contribution >= 0.6 is 0 Å². The van der Waals surface area contributed by atoms with Crippen LogP contribution in [0.4, 0.5) is 8.78 Å². The first kappa shape index (κ1) is 22.2. The first-order chi connectivity index (χ1) is 14.7. The van der Waals surface area contributed by atoms with Crippen molar-refractivity contribution in [2.45, 2.75) is 34.3 Å². The highest BCUT2D eigenvalue weighted by Gasteiger charge is 2.19. The van der Waals surface area contributed by atoms with E-state index in [9.17, 15) is 18.4 Å². The van der Waals surface area contributed by atoms with Crippen molar-refractivity contribution in [3.8, 4) is 11.4 Å². The van der Waals surface area contributed by atoms with E-state index >= 15 is 0 Å². The molecule has 0 fully saturated rings. The highest BCUT2D eigenvalue weighted by atomic mass is 19.3. The van der Waals surface area contributed by atoms with E-state index in [0.29, 0.717) is 22.5 Å². The quantitative estimate of drug-likeness (QED) is 0.377. The van der Waals surface area contributed by atoms with Crippen LogP contribution in [0.2, 0.25) is 0 Å². The maximum atomic E-state index is 12.7. The molecule has 0 atom stereocenters. The predicted molar refractivity (Wildman–Crippen MR) is 112 cm³/mol. The smallest absolute Gasteiger partial charge is 0.387 e. The Bertz CT molecular complexity index is 1120. The van der Waals surface area contributed by atoms with Crippen LogP contribution in [-0.4, -0.2) is 29.5 Å². The zero-order chi connectivity index (χ0) is 22.7. The van der Waals surface area contributed by atoms with Gasteiger partial charge in [0, 0.05) is 22.6 Å². The van der Waals surface area contributed by atoms with Gasteiger partial charge in [-0.05, 0) is 81.3 Å². The van der Waals surface area contributed by atoms with Gasteiger partial charge in [-0.1, -0.05) is 6.07 Å². The molecule has 0 aliphatic carbocycles. The van der Waals surface area contributed by atoms with Gasteiger partial charge in [0.2, 0.25) is 5.78 Å². The third-order valence-corrected chi connectivity index (χ3v) is 5.13. The second-order valence-electron chi connectivity index (χ2n) is 7.29. The SMILES string of the molecule is Cc1ccc(C(=O)OCC(=O)c2cc(C)n(-c3ccc(OC(F)F)cc3)c2C)cc1C. The Morgan fingerprint density at radius 3 is 2.23 bits per heavy atom. The average Bonchev–Trinajstić information content (AvgIpc) is 3.02. The summed E-state index contributed by atoms with van der Waals surface area (Å²) in [5.41, 5.74) is 4.99. The number of alkyl halides is 2. The molecule has 0 saturated heterocycles. The summed E-state index contributed by atoms with van der Waals surface area (Å²) in [6.45, 7) is 4.18. The molecule has 0 N–H and O–H groups in total. The van der Waals surface area contributed by atoms with Crippen molar-refractivity contribution in [3.63, 3.8) is 0 Å². The van der Waals surface area contributed by atoms with E-state index in [1.54, 1.807) is 37.3 Å². The monoisotopic (exact) mass is 427 g/mol. The third-order valence-electron chi connectivity index (χ3n) is 5.13. The van der Waals surface area contributed by atoms with Crippen molar-refractivity contribution < 1.29 is 27.8 Å². The van der Waals surface area contributed by atoms with Gasteiger partial charge in [0.05, 0.1) is 5.56 Å². The molecule has 162 valence electrons. The molecule has 0 saturated carbocycles. The number of ether oxygens (including phenoxy) is 2. The van der Waals surface area contributed by atoms with Crippen molar-refractivity contribution in [1.82, 2.24) is 4.57 Å². The highest BCUT2D eigenvalue weighted by Crippen LogP contribution is 2.24. The average molecular weight is 427 g/mol. The van der Waals surface area contributed by atoms with E-state index in [0.717, 1.165) is 16.8 Å². The number of aromatic nitrogens is 1. The lowest BCUT2D eigenvalue weighted by atomic mass is 10.1. The summed E-state index contributed by atoms with van der Waals surface area (Å²) >= 11 is 0. The summed E-state index contributed by atoms with van der Waals surface area (Å²) in [6, 6.07) is 13.1. The lowest BCUT2D eigenvalue weighted by molar-refractivity contribution is -0.0498. The molecule has 0 unspecified atom stereocenters. The normalized spacial score (nSPS) is 10.9. The molecule has 0 amide bonds. The molecule has 31 heavy (non-hydrogen) atoms. The van der Waals surface area contributed by atoms with Gasteiger partial charge in [-0.25, -0.2) is 4.79 Å². The van der Waals surface area contributed by atoms with Crippen LogP contribution in [0.3, 0.4) is 0 Å². The first-order valence-electron chi connectivity index (χ1n) is 9.69. The third kappa shape index (κ3) is 4.99. The topological polar surface area (TPSA) is 57.5 Å². The van der Waals surface area contributed by atoms with Crippen LogP contribution in [0.5, 0.6) is 5.75 Å². The minimum absolute atomic E-state index is 0.0516. The number of carbonyl (C=O) groups is 2. The van der Waals surface area contributed by atoms with Crippen LogP contribution in [0.15, 0.2) is 48.5 Å². The minimum atomic E-state index is -2.89. The Labute approximate surface area is 179 Å². The number of nitrogens with zero attached hydrogens (tertiary/aromatic N) is 1. The second-order valence-corrected chi connectivity index (χ2v) is 7.29. The first-order valence-corrected chi connectivity index (χ1v) is 9.69. The Hall–Kier alpha value is -3.48. The van der Waals surface area contributed by atoms with Gasteiger partial charge >= 0.3 is 12.6 Å². The zero-order valence-corrected chi connectivity index (χ0v) is 17.7. The van der Waals surface area contributed by atoms with E-state index in [2.05, 4.69) is 4.74 Å². The number of ketones is 1. The Morgan fingerprint density at radius 2 is 1.61 bits per heavy atom. The van der Waals surface area contributed by atoms with Gasteiger partial charge in [0.15, 0.2) is 6.61 Å². The Morgan fingerprint density at radius 1 is 0.935 bits per heavy atom. The fourth-order valence-corrected chi connectivity index (χ4v) is 3.38. The fourth-order valence-electron chi connectivity index (χ4n) is 3.38. The van der Waals surface area contributed by atoms with Crippen molar-refractivity contribution >= 4 is 11.8 Å². The number of benzene rings is 2. The number of hydrogen-bond acceptors (Lipinski definition) is 4. The van der Waals surface area contributed by atoms with Gasteiger partial charge in [0.1, 0.15) is 5.75 Å². The molecule has 0 radical (unpaired) electrons. The number of aryl methyl sites for hydroxylation is 3. The molecule has 2 aromatic carbocycles. The summed E-state index contributed by atoms with van der Waals surface area (Å²) in [5, 5.41) is 0. The second kappa shape index (κ2) is 9.12. The number of esters is 1. The number of rotatable bonds is 7. The molecule has 3 rings (SSSR count). The van der Waals surface area contributed by atoms with E-state index < -0.39 is 12.6 Å². The fraction of sp³-hybridized carbons (Fsp3) is 0.250. The summed E-state index contributed by atoms with van der Waals surface area (Å²) in [7, 11) is 0. The van der Waals surface area contributed by atoms with E-state index in [4.69, 9.17) is 4.74 Å². The Kier molecular flexibility index (Phi) is 6.53. The van der Waals surface area contributed by atoms with Gasteiger partial charge in [0.25, 0.3) is 0 Å². The van der Waals surface area contributed by atoms with Crippen molar-refractivity contribution in [2.24, 2.45) is 0 Å². The summed E-state index contributed by atoms with van der Waals surface area (Å²) in [4.78, 5) is 25.0. The lowest BCUT2D eigenvalue weighted by Crippen LogP contribution is -2.15. The lowest BCUT2D eigenvalue weighted by Gasteiger charge is -2.11. The maximum Gasteiger partial charge on any atom is 0.387 e. The van der Waals surface area contributed by atoms with E-state index in [-0.39, 0.29) is 18.1 Å². The molecule has 1 aromatic heterocycles. The van der Waals surface area contributed by atoms with Gasteiger partial charge in [-0.15, -0.1) is 0 Å². The Balaban J connectivity index is 1.74. The van der Waals surface area contributed by atoms with E-state index in [1.807, 2.05) is 31.4 Å². The largest absolute Gasteiger partial charge is 0.454 e. The van der Waals surface area contributed by atoms with Crippen molar-refractivity contribution in [3.05, 3.63) is 82.2 Å². The molecule has 1 heterocycles. The summed E-state index contributed by atoms with van der Waals surface area (Å²) in [6.07, 6.45) is 0. The molecule has 3 aromatic rings. The molecular formula is C24H23F2NO4. The highest BCUT2D eigenvalue weighted by molar-refractivity contribution is 6.00. The van der Waals surface area contributed by atoms with Crippen LogP contribution < -0.4 is 4.74 Å². The van der Waals surface area contributed by atoms with Crippen molar-refractivity contribution in [1.29, 1.82) is 0 Å².